The predicted octanol–water partition coefficient (Wildman–Crippen LogP) is 6.59. The molecule has 3 aromatic rings. The molecule has 34 heavy (non-hydrogen) atoms. The molecule has 0 aliphatic carbocycles. The molecule has 0 radical (unpaired) electrons. The number of nitrogens with zero attached hydrogens (tertiary/aromatic N) is 2. The fourth-order valence-corrected chi connectivity index (χ4v) is 4.92. The summed E-state index contributed by atoms with van der Waals surface area (Å²) in [6, 6.07) is 22.5. The van der Waals surface area contributed by atoms with Crippen molar-refractivity contribution < 1.29 is 9.18 Å². The van der Waals surface area contributed by atoms with E-state index in [4.69, 9.17) is 11.6 Å². The van der Waals surface area contributed by atoms with Crippen LogP contribution < -0.4 is 10.2 Å². The van der Waals surface area contributed by atoms with E-state index in [1.54, 1.807) is 4.90 Å². The van der Waals surface area contributed by atoms with Gasteiger partial charge in [0.25, 0.3) is 0 Å². The van der Waals surface area contributed by atoms with E-state index >= 15 is 0 Å². The highest BCUT2D eigenvalue weighted by molar-refractivity contribution is 6.33. The van der Waals surface area contributed by atoms with Gasteiger partial charge in [0.2, 0.25) is 0 Å². The van der Waals surface area contributed by atoms with E-state index in [2.05, 4.69) is 28.4 Å². The number of piperidine rings is 1. The van der Waals surface area contributed by atoms with E-state index < -0.39 is 0 Å². The molecule has 6 heteroatoms. The zero-order valence-electron chi connectivity index (χ0n) is 19.5. The topological polar surface area (TPSA) is 35.6 Å². The summed E-state index contributed by atoms with van der Waals surface area (Å²) >= 11 is 6.46. The van der Waals surface area contributed by atoms with Crippen molar-refractivity contribution in [2.24, 2.45) is 0 Å². The third-order valence-electron chi connectivity index (χ3n) is 6.45. The number of halogens is 2. The second-order valence-corrected chi connectivity index (χ2v) is 9.16. The third kappa shape index (κ3) is 5.96. The van der Waals surface area contributed by atoms with E-state index in [0.29, 0.717) is 29.7 Å². The number of rotatable bonds is 7. The van der Waals surface area contributed by atoms with Crippen LogP contribution in [0.3, 0.4) is 0 Å². The van der Waals surface area contributed by atoms with Gasteiger partial charge in [-0.2, -0.15) is 0 Å². The molecule has 178 valence electrons. The van der Waals surface area contributed by atoms with Gasteiger partial charge in [-0.3, -0.25) is 9.80 Å². The molecule has 1 heterocycles. The van der Waals surface area contributed by atoms with Gasteiger partial charge < -0.3 is 5.32 Å². The standard InChI is InChI=1S/C28H31ClFN3O/c1-2-31-28(34)33(27-10-6-5-9-26(27)29)20-23-7-3-4-8-25(23)22-15-17-32(18-16-22)19-21-11-13-24(30)14-12-21/h3-14,22H,2,15-20H2,1H3,(H,31,34). The number of hydrogen-bond acceptors (Lipinski definition) is 2. The number of likely N-dealkylation sites (tertiary alicyclic amines) is 1. The zero-order valence-corrected chi connectivity index (χ0v) is 20.3. The smallest absolute Gasteiger partial charge is 0.322 e. The van der Waals surface area contributed by atoms with E-state index in [1.807, 2.05) is 49.4 Å². The number of urea groups is 1. The molecule has 3 aromatic carbocycles. The highest BCUT2D eigenvalue weighted by Gasteiger charge is 2.25. The third-order valence-corrected chi connectivity index (χ3v) is 6.77. The summed E-state index contributed by atoms with van der Waals surface area (Å²) in [4.78, 5) is 17.1. The molecule has 1 fully saturated rings. The lowest BCUT2D eigenvalue weighted by Crippen LogP contribution is -2.40. The minimum absolute atomic E-state index is 0.153. The first kappa shape index (κ1) is 24.2. The number of nitrogens with one attached hydrogen (secondary N) is 1. The molecule has 0 saturated carbocycles. The van der Waals surface area contributed by atoms with Crippen LogP contribution in [0, 0.1) is 5.82 Å². The zero-order chi connectivity index (χ0) is 23.9. The Labute approximate surface area is 206 Å². The van der Waals surface area contributed by atoms with Gasteiger partial charge in [0.1, 0.15) is 5.82 Å². The average Bonchev–Trinajstić information content (AvgIpc) is 2.85. The molecule has 1 aliphatic rings. The number of amides is 2. The van der Waals surface area contributed by atoms with Crippen LogP contribution in [0.15, 0.2) is 72.8 Å². The molecule has 4 rings (SSSR count). The molecule has 0 atom stereocenters. The normalized spacial score (nSPS) is 14.7. The van der Waals surface area contributed by atoms with Crippen LogP contribution in [-0.4, -0.2) is 30.6 Å². The Bertz CT molecular complexity index is 1100. The number of benzene rings is 3. The molecule has 2 amide bonds. The molecule has 0 unspecified atom stereocenters. The van der Waals surface area contributed by atoms with E-state index in [-0.39, 0.29) is 11.8 Å². The first-order chi connectivity index (χ1) is 16.5. The van der Waals surface area contributed by atoms with Gasteiger partial charge in [-0.05, 0) is 79.7 Å². The summed E-state index contributed by atoms with van der Waals surface area (Å²) in [6.45, 7) is 5.74. The summed E-state index contributed by atoms with van der Waals surface area (Å²) in [7, 11) is 0. The first-order valence-electron chi connectivity index (χ1n) is 11.9. The van der Waals surface area contributed by atoms with Crippen LogP contribution >= 0.6 is 11.6 Å². The van der Waals surface area contributed by atoms with Crippen molar-refractivity contribution in [3.8, 4) is 0 Å². The maximum Gasteiger partial charge on any atom is 0.322 e. The number of anilines is 1. The van der Waals surface area contributed by atoms with Gasteiger partial charge in [-0.25, -0.2) is 9.18 Å². The maximum absolute atomic E-state index is 13.2. The summed E-state index contributed by atoms with van der Waals surface area (Å²) in [5, 5.41) is 3.48. The van der Waals surface area contributed by atoms with Gasteiger partial charge >= 0.3 is 6.03 Å². The fraction of sp³-hybridized carbons (Fsp3) is 0.321. The lowest BCUT2D eigenvalue weighted by atomic mass is 9.86. The van der Waals surface area contributed by atoms with Crippen LogP contribution in [0.1, 0.15) is 42.4 Å². The molecule has 1 saturated heterocycles. The lowest BCUT2D eigenvalue weighted by molar-refractivity contribution is 0.204. The van der Waals surface area contributed by atoms with E-state index in [9.17, 15) is 9.18 Å². The Hall–Kier alpha value is -2.89. The number of carbonyl (C=O) groups is 1. The van der Waals surface area contributed by atoms with Crippen molar-refractivity contribution >= 4 is 23.3 Å². The Morgan fingerprint density at radius 2 is 1.71 bits per heavy atom. The van der Waals surface area contributed by atoms with Crippen molar-refractivity contribution in [2.45, 2.75) is 38.8 Å². The maximum atomic E-state index is 13.2. The molecule has 1 aliphatic heterocycles. The molecule has 4 nitrogen and oxygen atoms in total. The Kier molecular flexibility index (Phi) is 8.20. The van der Waals surface area contributed by atoms with Crippen LogP contribution in [-0.2, 0) is 13.1 Å². The fourth-order valence-electron chi connectivity index (χ4n) is 4.68. The predicted molar refractivity (Wildman–Crippen MR) is 137 cm³/mol. The second kappa shape index (κ2) is 11.5. The molecular formula is C28H31ClFN3O. The molecule has 0 aromatic heterocycles. The van der Waals surface area contributed by atoms with Crippen LogP contribution in [0.2, 0.25) is 5.02 Å². The molecule has 0 spiro atoms. The summed E-state index contributed by atoms with van der Waals surface area (Å²) < 4.78 is 13.2. The second-order valence-electron chi connectivity index (χ2n) is 8.75. The monoisotopic (exact) mass is 479 g/mol. The lowest BCUT2D eigenvalue weighted by Gasteiger charge is -2.34. The van der Waals surface area contributed by atoms with Crippen molar-refractivity contribution in [2.75, 3.05) is 24.5 Å². The summed E-state index contributed by atoms with van der Waals surface area (Å²) in [5.41, 5.74) is 4.28. The number of carbonyl (C=O) groups excluding carboxylic acids is 1. The first-order valence-corrected chi connectivity index (χ1v) is 12.3. The van der Waals surface area contributed by atoms with Crippen molar-refractivity contribution in [1.82, 2.24) is 10.2 Å². The van der Waals surface area contributed by atoms with Crippen molar-refractivity contribution in [3.63, 3.8) is 0 Å². The highest BCUT2D eigenvalue weighted by Crippen LogP contribution is 2.33. The van der Waals surface area contributed by atoms with Gasteiger partial charge in [-0.15, -0.1) is 0 Å². The number of para-hydroxylation sites is 1. The summed E-state index contributed by atoms with van der Waals surface area (Å²) in [6.07, 6.45) is 2.09. The van der Waals surface area contributed by atoms with Gasteiger partial charge in [0, 0.05) is 13.1 Å². The average molecular weight is 480 g/mol. The Morgan fingerprint density at radius 3 is 2.41 bits per heavy atom. The van der Waals surface area contributed by atoms with Crippen molar-refractivity contribution in [3.05, 3.63) is 100 Å². The van der Waals surface area contributed by atoms with Gasteiger partial charge in [0.15, 0.2) is 0 Å². The Morgan fingerprint density at radius 1 is 1.03 bits per heavy atom. The Balaban J connectivity index is 1.48. The van der Waals surface area contributed by atoms with Crippen LogP contribution in [0.4, 0.5) is 14.9 Å². The molecular weight excluding hydrogens is 449 g/mol. The SMILES string of the molecule is CCNC(=O)N(Cc1ccccc1C1CCN(Cc2ccc(F)cc2)CC1)c1ccccc1Cl. The van der Waals surface area contributed by atoms with Crippen LogP contribution in [0.5, 0.6) is 0 Å². The molecule has 0 bridgehead atoms. The van der Waals surface area contributed by atoms with Crippen LogP contribution in [0.25, 0.3) is 0 Å². The minimum Gasteiger partial charge on any atom is -0.338 e. The van der Waals surface area contributed by atoms with Gasteiger partial charge in [0.05, 0.1) is 17.3 Å². The van der Waals surface area contributed by atoms with Crippen molar-refractivity contribution in [1.29, 1.82) is 0 Å². The molecule has 1 N–H and O–H groups in total. The highest BCUT2D eigenvalue weighted by atomic mass is 35.5. The minimum atomic E-state index is -0.197. The van der Waals surface area contributed by atoms with Gasteiger partial charge in [-0.1, -0.05) is 60.1 Å². The largest absolute Gasteiger partial charge is 0.338 e. The quantitative estimate of drug-likeness (QED) is 0.414. The van der Waals surface area contributed by atoms with E-state index in [0.717, 1.165) is 43.6 Å². The number of hydrogen-bond donors (Lipinski definition) is 1. The van der Waals surface area contributed by atoms with E-state index in [1.165, 1.54) is 17.7 Å². The summed E-state index contributed by atoms with van der Waals surface area (Å²) in [5.74, 6) is 0.237.